The number of piperidine rings is 1. The van der Waals surface area contributed by atoms with E-state index in [1.807, 2.05) is 0 Å². The second-order valence-electron chi connectivity index (χ2n) is 6.36. The monoisotopic (exact) mass is 274 g/mol. The minimum absolute atomic E-state index is 0.440. The summed E-state index contributed by atoms with van der Waals surface area (Å²) < 4.78 is 0. The molecule has 2 nitrogen and oxygen atoms in total. The molecule has 1 aliphatic heterocycles. The zero-order valence-electron chi connectivity index (χ0n) is 13.5. The molecule has 112 valence electrons. The number of benzene rings is 1. The van der Waals surface area contributed by atoms with Crippen LogP contribution in [0.5, 0.6) is 0 Å². The molecule has 2 unspecified atom stereocenters. The highest BCUT2D eigenvalue weighted by Crippen LogP contribution is 2.23. The van der Waals surface area contributed by atoms with Crippen molar-refractivity contribution in [3.05, 3.63) is 35.4 Å². The van der Waals surface area contributed by atoms with Gasteiger partial charge in [0, 0.05) is 12.1 Å². The van der Waals surface area contributed by atoms with Crippen LogP contribution in [-0.2, 0) is 0 Å². The van der Waals surface area contributed by atoms with E-state index in [9.17, 15) is 0 Å². The maximum atomic E-state index is 3.80. The highest BCUT2D eigenvalue weighted by molar-refractivity contribution is 5.23. The Hall–Kier alpha value is -0.860. The fourth-order valence-electron chi connectivity index (χ4n) is 3.25. The number of hydrogen-bond donors (Lipinski definition) is 1. The quantitative estimate of drug-likeness (QED) is 0.879. The van der Waals surface area contributed by atoms with Gasteiger partial charge in [0.1, 0.15) is 0 Å². The molecule has 1 N–H and O–H groups in total. The first-order valence-electron chi connectivity index (χ1n) is 8.15. The Morgan fingerprint density at radius 1 is 1.15 bits per heavy atom. The molecule has 0 amide bonds. The van der Waals surface area contributed by atoms with Gasteiger partial charge in [0.15, 0.2) is 0 Å². The summed E-state index contributed by atoms with van der Waals surface area (Å²) in [5.74, 6) is 0.825. The first kappa shape index (κ1) is 15.5. The van der Waals surface area contributed by atoms with Crippen LogP contribution in [0.4, 0.5) is 0 Å². The van der Waals surface area contributed by atoms with E-state index in [-0.39, 0.29) is 0 Å². The van der Waals surface area contributed by atoms with E-state index in [1.54, 1.807) is 0 Å². The molecule has 2 rings (SSSR count). The molecular weight excluding hydrogens is 244 g/mol. The average Bonchev–Trinajstić information content (AvgIpc) is 2.48. The molecule has 2 atom stereocenters. The molecule has 0 aliphatic carbocycles. The Morgan fingerprint density at radius 3 is 2.30 bits per heavy atom. The maximum absolute atomic E-state index is 3.80. The topological polar surface area (TPSA) is 15.3 Å². The molecule has 20 heavy (non-hydrogen) atoms. The molecule has 1 aromatic rings. The molecule has 1 fully saturated rings. The first-order valence-corrected chi connectivity index (χ1v) is 8.15. The van der Waals surface area contributed by atoms with Gasteiger partial charge >= 0.3 is 0 Å². The van der Waals surface area contributed by atoms with E-state index in [0.717, 1.165) is 5.92 Å². The van der Waals surface area contributed by atoms with Crippen LogP contribution in [0, 0.1) is 12.8 Å². The van der Waals surface area contributed by atoms with E-state index < -0.39 is 0 Å². The van der Waals surface area contributed by atoms with Crippen LogP contribution >= 0.6 is 0 Å². The molecule has 0 spiro atoms. The minimum atomic E-state index is 0.440. The number of rotatable bonds is 5. The van der Waals surface area contributed by atoms with Crippen molar-refractivity contribution in [2.45, 2.75) is 52.6 Å². The van der Waals surface area contributed by atoms with Crippen LogP contribution in [0.3, 0.4) is 0 Å². The maximum Gasteiger partial charge on any atom is 0.0294 e. The summed E-state index contributed by atoms with van der Waals surface area (Å²) in [6.07, 6.45) is 2.67. The van der Waals surface area contributed by atoms with Crippen molar-refractivity contribution < 1.29 is 0 Å². The lowest BCUT2D eigenvalue weighted by molar-refractivity contribution is 0.165. The van der Waals surface area contributed by atoms with Crippen LogP contribution < -0.4 is 5.32 Å². The van der Waals surface area contributed by atoms with Crippen LogP contribution in [0.2, 0.25) is 0 Å². The summed E-state index contributed by atoms with van der Waals surface area (Å²) in [5, 5.41) is 3.80. The molecule has 0 aromatic heterocycles. The zero-order chi connectivity index (χ0) is 14.5. The summed E-state index contributed by atoms with van der Waals surface area (Å²) in [4.78, 5) is 2.56. The molecule has 0 saturated carbocycles. The number of hydrogen-bond acceptors (Lipinski definition) is 2. The Kier molecular flexibility index (Phi) is 5.62. The third kappa shape index (κ3) is 4.07. The van der Waals surface area contributed by atoms with E-state index in [4.69, 9.17) is 0 Å². The summed E-state index contributed by atoms with van der Waals surface area (Å²) in [6, 6.07) is 9.95. The van der Waals surface area contributed by atoms with Gasteiger partial charge < -0.3 is 10.2 Å². The fourth-order valence-corrected chi connectivity index (χ4v) is 3.25. The van der Waals surface area contributed by atoms with Gasteiger partial charge in [0.2, 0.25) is 0 Å². The van der Waals surface area contributed by atoms with E-state index >= 15 is 0 Å². The van der Waals surface area contributed by atoms with Gasteiger partial charge in [-0.1, -0.05) is 36.8 Å². The highest BCUT2D eigenvalue weighted by atomic mass is 15.1. The second-order valence-corrected chi connectivity index (χ2v) is 6.36. The number of aryl methyl sites for hydroxylation is 1. The van der Waals surface area contributed by atoms with Crippen molar-refractivity contribution in [1.29, 1.82) is 0 Å². The van der Waals surface area contributed by atoms with Crippen LogP contribution in [0.1, 0.15) is 50.8 Å². The standard InChI is InChI=1S/C18H30N2/c1-5-20-12-10-18(11-13-20)16(4)19-15(3)17-8-6-14(2)7-9-17/h6-9,15-16,18-19H,5,10-13H2,1-4H3. The highest BCUT2D eigenvalue weighted by Gasteiger charge is 2.24. The van der Waals surface area contributed by atoms with Gasteiger partial charge in [0.25, 0.3) is 0 Å². The Morgan fingerprint density at radius 2 is 1.75 bits per heavy atom. The molecule has 1 aliphatic rings. The Labute approximate surface area is 124 Å². The Balaban J connectivity index is 1.84. The van der Waals surface area contributed by atoms with E-state index in [0.29, 0.717) is 12.1 Å². The molecule has 2 heteroatoms. The van der Waals surface area contributed by atoms with Crippen molar-refractivity contribution in [3.8, 4) is 0 Å². The van der Waals surface area contributed by atoms with Crippen LogP contribution in [0.15, 0.2) is 24.3 Å². The normalized spacial score (nSPS) is 20.8. The largest absolute Gasteiger partial charge is 0.307 e. The van der Waals surface area contributed by atoms with Gasteiger partial charge in [0.05, 0.1) is 0 Å². The van der Waals surface area contributed by atoms with Crippen molar-refractivity contribution in [2.24, 2.45) is 5.92 Å². The third-order valence-electron chi connectivity index (χ3n) is 4.88. The lowest BCUT2D eigenvalue weighted by atomic mass is 9.89. The zero-order valence-corrected chi connectivity index (χ0v) is 13.5. The number of nitrogens with one attached hydrogen (secondary N) is 1. The molecule has 1 heterocycles. The second kappa shape index (κ2) is 7.24. The molecular formula is C18H30N2. The SMILES string of the molecule is CCN1CCC(C(C)NC(C)c2ccc(C)cc2)CC1. The fraction of sp³-hybridized carbons (Fsp3) is 0.667. The minimum Gasteiger partial charge on any atom is -0.307 e. The molecule has 1 aromatic carbocycles. The predicted octanol–water partition coefficient (Wildman–Crippen LogP) is 3.77. The molecule has 0 bridgehead atoms. The predicted molar refractivity (Wildman–Crippen MR) is 87.0 cm³/mol. The van der Waals surface area contributed by atoms with Gasteiger partial charge in [-0.25, -0.2) is 0 Å². The first-order chi connectivity index (χ1) is 9.60. The molecule has 1 saturated heterocycles. The lowest BCUT2D eigenvalue weighted by Gasteiger charge is -2.35. The molecule has 0 radical (unpaired) electrons. The van der Waals surface area contributed by atoms with Gasteiger partial charge in [-0.3, -0.25) is 0 Å². The van der Waals surface area contributed by atoms with E-state index in [2.05, 4.69) is 62.2 Å². The number of nitrogens with zero attached hydrogens (tertiary/aromatic N) is 1. The summed E-state index contributed by atoms with van der Waals surface area (Å²) >= 11 is 0. The summed E-state index contributed by atoms with van der Waals surface area (Å²) in [5.41, 5.74) is 2.73. The van der Waals surface area contributed by atoms with E-state index in [1.165, 1.54) is 43.6 Å². The summed E-state index contributed by atoms with van der Waals surface area (Å²) in [7, 11) is 0. The van der Waals surface area contributed by atoms with Crippen molar-refractivity contribution in [3.63, 3.8) is 0 Å². The number of likely N-dealkylation sites (tertiary alicyclic amines) is 1. The summed E-state index contributed by atoms with van der Waals surface area (Å²) in [6.45, 7) is 12.8. The Bertz CT molecular complexity index is 390. The van der Waals surface area contributed by atoms with Crippen LogP contribution in [0.25, 0.3) is 0 Å². The van der Waals surface area contributed by atoms with Gasteiger partial charge in [-0.15, -0.1) is 0 Å². The smallest absolute Gasteiger partial charge is 0.0294 e. The van der Waals surface area contributed by atoms with Crippen LogP contribution in [-0.4, -0.2) is 30.6 Å². The van der Waals surface area contributed by atoms with Gasteiger partial charge in [-0.05, 0) is 64.7 Å². The van der Waals surface area contributed by atoms with Gasteiger partial charge in [-0.2, -0.15) is 0 Å². The van der Waals surface area contributed by atoms with Crippen molar-refractivity contribution >= 4 is 0 Å². The average molecular weight is 274 g/mol. The van der Waals surface area contributed by atoms with Crippen molar-refractivity contribution in [2.75, 3.05) is 19.6 Å². The van der Waals surface area contributed by atoms with Crippen molar-refractivity contribution in [1.82, 2.24) is 10.2 Å². The third-order valence-corrected chi connectivity index (χ3v) is 4.88. The lowest BCUT2D eigenvalue weighted by Crippen LogP contribution is -2.42.